The summed E-state index contributed by atoms with van der Waals surface area (Å²) in [6, 6.07) is 16.1. The maximum absolute atomic E-state index is 13.1. The number of amides is 1. The van der Waals surface area contributed by atoms with Crippen LogP contribution in [0.25, 0.3) is 10.9 Å². The molecule has 4 nitrogen and oxygen atoms in total. The largest absolute Gasteiger partial charge is 0.370 e. The molecule has 1 saturated heterocycles. The monoisotopic (exact) mass is 349 g/mol. The number of benzene rings is 2. The molecule has 2 heterocycles. The van der Waals surface area contributed by atoms with Crippen molar-refractivity contribution in [1.82, 2.24) is 9.88 Å². The highest BCUT2D eigenvalue weighted by molar-refractivity contribution is 6.05. The number of carbonyl (C=O) groups is 1. The molecular formula is C21H20FN3O. The van der Waals surface area contributed by atoms with E-state index in [1.807, 2.05) is 35.2 Å². The first kappa shape index (κ1) is 16.5. The normalized spacial score (nSPS) is 15.1. The third-order valence-corrected chi connectivity index (χ3v) is 4.84. The number of carbonyl (C=O) groups excluding carboxylic acids is 1. The SMILES string of the molecule is O=C(c1cccc2cccnc12)N1CCCN(c2ccc(F)cc2)CC1. The number of nitrogens with zero attached hydrogens (tertiary/aromatic N) is 3. The van der Waals surface area contributed by atoms with Gasteiger partial charge in [-0.15, -0.1) is 0 Å². The molecule has 132 valence electrons. The van der Waals surface area contributed by atoms with Crippen molar-refractivity contribution in [3.8, 4) is 0 Å². The lowest BCUT2D eigenvalue weighted by atomic mass is 10.1. The highest BCUT2D eigenvalue weighted by Crippen LogP contribution is 2.21. The Kier molecular flexibility index (Phi) is 4.52. The Morgan fingerprint density at radius 1 is 0.923 bits per heavy atom. The fourth-order valence-electron chi connectivity index (χ4n) is 3.48. The summed E-state index contributed by atoms with van der Waals surface area (Å²) in [6.07, 6.45) is 2.60. The number of aromatic nitrogens is 1. The van der Waals surface area contributed by atoms with Crippen LogP contribution in [0.4, 0.5) is 10.1 Å². The standard InChI is InChI=1S/C21H20FN3O/c22-17-7-9-18(10-8-17)24-12-3-13-25(15-14-24)21(26)19-6-1-4-16-5-2-11-23-20(16)19/h1-2,4-11H,3,12-15H2. The van der Waals surface area contributed by atoms with E-state index in [9.17, 15) is 9.18 Å². The van der Waals surface area contributed by atoms with Crippen molar-refractivity contribution in [2.75, 3.05) is 31.1 Å². The van der Waals surface area contributed by atoms with Crippen molar-refractivity contribution < 1.29 is 9.18 Å². The molecule has 4 rings (SSSR count). The van der Waals surface area contributed by atoms with E-state index in [1.54, 1.807) is 18.3 Å². The van der Waals surface area contributed by atoms with E-state index >= 15 is 0 Å². The number of anilines is 1. The summed E-state index contributed by atoms with van der Waals surface area (Å²) in [5.74, 6) is -0.209. The van der Waals surface area contributed by atoms with Crippen LogP contribution in [0.15, 0.2) is 60.8 Å². The second kappa shape index (κ2) is 7.12. The van der Waals surface area contributed by atoms with Gasteiger partial charge in [-0.1, -0.05) is 18.2 Å². The van der Waals surface area contributed by atoms with Crippen molar-refractivity contribution in [1.29, 1.82) is 0 Å². The molecule has 1 aromatic heterocycles. The molecule has 0 aliphatic carbocycles. The van der Waals surface area contributed by atoms with Crippen LogP contribution in [0.5, 0.6) is 0 Å². The van der Waals surface area contributed by atoms with Crippen molar-refractivity contribution >= 4 is 22.5 Å². The third-order valence-electron chi connectivity index (χ3n) is 4.84. The van der Waals surface area contributed by atoms with Gasteiger partial charge in [0.25, 0.3) is 5.91 Å². The first-order valence-corrected chi connectivity index (χ1v) is 8.86. The van der Waals surface area contributed by atoms with E-state index in [1.165, 1.54) is 12.1 Å². The van der Waals surface area contributed by atoms with Gasteiger partial charge in [-0.2, -0.15) is 0 Å². The molecule has 0 atom stereocenters. The maximum Gasteiger partial charge on any atom is 0.256 e. The fraction of sp³-hybridized carbons (Fsp3) is 0.238. The van der Waals surface area contributed by atoms with E-state index in [2.05, 4.69) is 9.88 Å². The average molecular weight is 349 g/mol. The molecule has 0 spiro atoms. The molecule has 1 aliphatic heterocycles. The summed E-state index contributed by atoms with van der Waals surface area (Å²) in [5, 5.41) is 0.973. The molecule has 0 bridgehead atoms. The average Bonchev–Trinajstić information content (AvgIpc) is 2.94. The predicted octanol–water partition coefficient (Wildman–Crippen LogP) is 3.73. The summed E-state index contributed by atoms with van der Waals surface area (Å²) in [7, 11) is 0. The number of pyridine rings is 1. The molecule has 5 heteroatoms. The summed E-state index contributed by atoms with van der Waals surface area (Å²) in [4.78, 5) is 21.6. The molecule has 0 radical (unpaired) electrons. The van der Waals surface area contributed by atoms with Gasteiger partial charge < -0.3 is 9.80 Å². The van der Waals surface area contributed by atoms with Crippen molar-refractivity contribution in [3.05, 3.63) is 72.2 Å². The minimum Gasteiger partial charge on any atom is -0.370 e. The molecule has 1 fully saturated rings. The molecule has 3 aromatic rings. The van der Waals surface area contributed by atoms with Crippen molar-refractivity contribution in [3.63, 3.8) is 0 Å². The third kappa shape index (κ3) is 3.25. The second-order valence-electron chi connectivity index (χ2n) is 6.49. The van der Waals surface area contributed by atoms with E-state index in [-0.39, 0.29) is 11.7 Å². The van der Waals surface area contributed by atoms with E-state index in [4.69, 9.17) is 0 Å². The van der Waals surface area contributed by atoms with Crippen LogP contribution in [0.1, 0.15) is 16.8 Å². The van der Waals surface area contributed by atoms with Gasteiger partial charge in [0.15, 0.2) is 0 Å². The van der Waals surface area contributed by atoms with Gasteiger partial charge in [-0.05, 0) is 42.8 Å². The van der Waals surface area contributed by atoms with Gasteiger partial charge in [-0.25, -0.2) is 4.39 Å². The Bertz CT molecular complexity index is 921. The zero-order valence-electron chi connectivity index (χ0n) is 14.4. The van der Waals surface area contributed by atoms with Gasteiger partial charge in [0, 0.05) is 43.4 Å². The minimum atomic E-state index is -0.233. The molecule has 0 N–H and O–H groups in total. The highest BCUT2D eigenvalue weighted by atomic mass is 19.1. The van der Waals surface area contributed by atoms with Crippen LogP contribution in [0.3, 0.4) is 0 Å². The summed E-state index contributed by atoms with van der Waals surface area (Å²) in [6.45, 7) is 2.93. The Hall–Kier alpha value is -2.95. The predicted molar refractivity (Wildman–Crippen MR) is 101 cm³/mol. The molecule has 1 aliphatic rings. The maximum atomic E-state index is 13.1. The summed E-state index contributed by atoms with van der Waals surface area (Å²) < 4.78 is 13.1. The van der Waals surface area contributed by atoms with Crippen LogP contribution in [0.2, 0.25) is 0 Å². The molecule has 2 aromatic carbocycles. The van der Waals surface area contributed by atoms with E-state index in [0.29, 0.717) is 18.7 Å². The number of fused-ring (bicyclic) bond motifs is 1. The lowest BCUT2D eigenvalue weighted by Gasteiger charge is -2.24. The van der Waals surface area contributed by atoms with Crippen LogP contribution < -0.4 is 4.90 Å². The smallest absolute Gasteiger partial charge is 0.256 e. The first-order valence-electron chi connectivity index (χ1n) is 8.86. The number of para-hydroxylation sites is 1. The number of hydrogen-bond acceptors (Lipinski definition) is 3. The van der Waals surface area contributed by atoms with Gasteiger partial charge in [-0.3, -0.25) is 9.78 Å². The van der Waals surface area contributed by atoms with Gasteiger partial charge in [0.05, 0.1) is 11.1 Å². The van der Waals surface area contributed by atoms with Gasteiger partial charge in [0.2, 0.25) is 0 Å². The first-order chi connectivity index (χ1) is 12.7. The lowest BCUT2D eigenvalue weighted by Crippen LogP contribution is -2.35. The van der Waals surface area contributed by atoms with Crippen molar-refractivity contribution in [2.24, 2.45) is 0 Å². The summed E-state index contributed by atoms with van der Waals surface area (Å²) >= 11 is 0. The molecule has 26 heavy (non-hydrogen) atoms. The highest BCUT2D eigenvalue weighted by Gasteiger charge is 2.22. The van der Waals surface area contributed by atoms with Crippen LogP contribution in [-0.2, 0) is 0 Å². The molecule has 0 saturated carbocycles. The van der Waals surface area contributed by atoms with E-state index in [0.717, 1.165) is 36.1 Å². The van der Waals surface area contributed by atoms with E-state index < -0.39 is 0 Å². The molecular weight excluding hydrogens is 329 g/mol. The quantitative estimate of drug-likeness (QED) is 0.707. The number of halogens is 1. The Morgan fingerprint density at radius 2 is 1.73 bits per heavy atom. The molecule has 0 unspecified atom stereocenters. The summed E-state index contributed by atoms with van der Waals surface area (Å²) in [5.41, 5.74) is 2.39. The van der Waals surface area contributed by atoms with Crippen LogP contribution in [0, 0.1) is 5.82 Å². The number of hydrogen-bond donors (Lipinski definition) is 0. The minimum absolute atomic E-state index is 0.0234. The van der Waals surface area contributed by atoms with Crippen molar-refractivity contribution in [2.45, 2.75) is 6.42 Å². The Morgan fingerprint density at radius 3 is 2.58 bits per heavy atom. The number of rotatable bonds is 2. The molecule has 1 amide bonds. The fourth-order valence-corrected chi connectivity index (χ4v) is 3.48. The Labute approximate surface area is 151 Å². The van der Waals surface area contributed by atoms with Crippen LogP contribution in [-0.4, -0.2) is 42.0 Å². The topological polar surface area (TPSA) is 36.4 Å². The zero-order valence-corrected chi connectivity index (χ0v) is 14.4. The van der Waals surface area contributed by atoms with Gasteiger partial charge >= 0.3 is 0 Å². The zero-order chi connectivity index (χ0) is 17.9. The Balaban J connectivity index is 1.53. The van der Waals surface area contributed by atoms with Gasteiger partial charge in [0.1, 0.15) is 5.82 Å². The lowest BCUT2D eigenvalue weighted by molar-refractivity contribution is 0.0769. The van der Waals surface area contributed by atoms with Crippen LogP contribution >= 0.6 is 0 Å². The second-order valence-corrected chi connectivity index (χ2v) is 6.49.